The van der Waals surface area contributed by atoms with Crippen LogP contribution in [0.2, 0.25) is 0 Å². The van der Waals surface area contributed by atoms with Crippen LogP contribution in [0.15, 0.2) is 29.2 Å². The van der Waals surface area contributed by atoms with E-state index in [1.165, 1.54) is 4.90 Å². The van der Waals surface area contributed by atoms with E-state index in [9.17, 15) is 18.0 Å². The van der Waals surface area contributed by atoms with Crippen LogP contribution < -0.4 is 10.1 Å². The van der Waals surface area contributed by atoms with Crippen molar-refractivity contribution in [2.24, 2.45) is 0 Å². The van der Waals surface area contributed by atoms with Gasteiger partial charge in [0.2, 0.25) is 15.9 Å². The summed E-state index contributed by atoms with van der Waals surface area (Å²) in [7, 11) is -3.14. The van der Waals surface area contributed by atoms with E-state index in [0.29, 0.717) is 27.0 Å². The van der Waals surface area contributed by atoms with E-state index in [1.807, 2.05) is 0 Å². The molecule has 2 fully saturated rings. The normalized spacial score (nSPS) is 22.9. The van der Waals surface area contributed by atoms with Gasteiger partial charge in [-0.1, -0.05) is 77.8 Å². The summed E-state index contributed by atoms with van der Waals surface area (Å²) in [5.74, 6) is -0.310. The summed E-state index contributed by atoms with van der Waals surface area (Å²) >= 11 is 24.1. The molecule has 2 aliphatic rings. The van der Waals surface area contributed by atoms with E-state index in [-0.39, 0.29) is 29.7 Å². The molecule has 7 nitrogen and oxygen atoms in total. The Morgan fingerprint density at radius 2 is 2.03 bits per heavy atom. The minimum Gasteiger partial charge on any atom is -0.466 e. The first-order chi connectivity index (χ1) is 14.9. The minimum absolute atomic E-state index is 0.0587. The number of nitrogens with one attached hydrogen (secondary N) is 1. The maximum atomic E-state index is 12.8. The van der Waals surface area contributed by atoms with E-state index >= 15 is 0 Å². The highest BCUT2D eigenvalue weighted by Gasteiger charge is 2.42. The maximum absolute atomic E-state index is 12.8. The van der Waals surface area contributed by atoms with E-state index in [0.717, 1.165) is 11.8 Å². The van der Waals surface area contributed by atoms with Gasteiger partial charge in [0.25, 0.3) is 5.91 Å². The van der Waals surface area contributed by atoms with Crippen LogP contribution in [0, 0.1) is 0 Å². The van der Waals surface area contributed by atoms with Gasteiger partial charge in [0.15, 0.2) is 9.84 Å². The largest absolute Gasteiger partial charge is 0.466 e. The maximum Gasteiger partial charge on any atom is 0.266 e. The molecular formula is C19H19Cl3N2O5S3. The molecule has 0 unspecified atom stereocenters. The van der Waals surface area contributed by atoms with Gasteiger partial charge in [-0.2, -0.15) is 0 Å². The van der Waals surface area contributed by atoms with E-state index in [4.69, 9.17) is 51.8 Å². The summed E-state index contributed by atoms with van der Waals surface area (Å²) in [6.07, 6.45) is 1.06. The fraction of sp³-hybridized carbons (Fsp3) is 0.421. The first kappa shape index (κ1) is 25.6. The Kier molecular flexibility index (Phi) is 8.05. The first-order valence-corrected chi connectivity index (χ1v) is 13.7. The highest BCUT2D eigenvalue weighted by atomic mass is 35.6. The number of thiocarbonyl (C=S) groups is 1. The van der Waals surface area contributed by atoms with Crippen molar-refractivity contribution in [3.8, 4) is 5.75 Å². The first-order valence-electron chi connectivity index (χ1n) is 9.50. The van der Waals surface area contributed by atoms with Crippen molar-refractivity contribution in [3.63, 3.8) is 0 Å². The molecule has 0 aliphatic carbocycles. The number of hydrogen-bond donors (Lipinski definition) is 1. The molecular weight excluding hydrogens is 539 g/mol. The fourth-order valence-electron chi connectivity index (χ4n) is 3.13. The van der Waals surface area contributed by atoms with Crippen LogP contribution in [0.5, 0.6) is 5.75 Å². The van der Waals surface area contributed by atoms with Crippen LogP contribution in [0.3, 0.4) is 0 Å². The van der Waals surface area contributed by atoms with Crippen molar-refractivity contribution in [1.29, 1.82) is 0 Å². The lowest BCUT2D eigenvalue weighted by Crippen LogP contribution is -2.47. The average Bonchev–Trinajstić information content (AvgIpc) is 3.19. The van der Waals surface area contributed by atoms with Crippen LogP contribution in [0.4, 0.5) is 0 Å². The van der Waals surface area contributed by atoms with Gasteiger partial charge in [-0.15, -0.1) is 0 Å². The quantitative estimate of drug-likeness (QED) is 0.247. The highest BCUT2D eigenvalue weighted by molar-refractivity contribution is 8.26. The Bertz CT molecular complexity index is 1050. The highest BCUT2D eigenvalue weighted by Crippen LogP contribution is 2.37. The summed E-state index contributed by atoms with van der Waals surface area (Å²) in [5.41, 5.74) is 0.694. The third kappa shape index (κ3) is 6.30. The Balaban J connectivity index is 1.71. The van der Waals surface area contributed by atoms with Crippen LogP contribution in [-0.4, -0.2) is 57.0 Å². The average molecular weight is 558 g/mol. The van der Waals surface area contributed by atoms with Crippen LogP contribution in [0.1, 0.15) is 25.3 Å². The lowest BCUT2D eigenvalue weighted by molar-refractivity contribution is -0.124. The van der Waals surface area contributed by atoms with Gasteiger partial charge in [0, 0.05) is 6.42 Å². The summed E-state index contributed by atoms with van der Waals surface area (Å²) in [6.45, 7) is 1.66. The Labute approximate surface area is 210 Å². The monoisotopic (exact) mass is 556 g/mol. The molecule has 2 amide bonds. The number of amides is 2. The van der Waals surface area contributed by atoms with Crippen molar-refractivity contribution in [1.82, 2.24) is 10.2 Å². The molecule has 0 spiro atoms. The molecule has 0 bridgehead atoms. The number of ether oxygens (including phenoxy) is 1. The topological polar surface area (TPSA) is 92.8 Å². The molecule has 0 radical (unpaired) electrons. The third-order valence-corrected chi connectivity index (χ3v) is 8.41. The van der Waals surface area contributed by atoms with Crippen LogP contribution in [0.25, 0.3) is 6.08 Å². The molecule has 0 aromatic heterocycles. The summed E-state index contributed by atoms with van der Waals surface area (Å²) in [6, 6.07) is 6.18. The lowest BCUT2D eigenvalue weighted by Gasteiger charge is -2.26. The number of sulfone groups is 1. The van der Waals surface area contributed by atoms with Gasteiger partial charge in [-0.3, -0.25) is 14.5 Å². The van der Waals surface area contributed by atoms with Crippen molar-refractivity contribution in [2.45, 2.75) is 35.8 Å². The van der Waals surface area contributed by atoms with Gasteiger partial charge in [-0.25, -0.2) is 8.42 Å². The molecule has 32 heavy (non-hydrogen) atoms. The number of hydrogen-bond acceptors (Lipinski definition) is 7. The number of halogens is 3. The molecule has 2 heterocycles. The number of benzene rings is 1. The van der Waals surface area contributed by atoms with Crippen LogP contribution >= 0.6 is 58.8 Å². The summed E-state index contributed by atoms with van der Waals surface area (Å²) in [4.78, 5) is 26.3. The van der Waals surface area contributed by atoms with E-state index in [2.05, 4.69) is 5.32 Å². The smallest absolute Gasteiger partial charge is 0.266 e. The Morgan fingerprint density at radius 3 is 2.56 bits per heavy atom. The molecule has 174 valence electrons. The van der Waals surface area contributed by atoms with E-state index < -0.39 is 25.9 Å². The van der Waals surface area contributed by atoms with Gasteiger partial charge < -0.3 is 10.1 Å². The van der Waals surface area contributed by atoms with Crippen molar-refractivity contribution < 1.29 is 22.7 Å². The molecule has 1 N–H and O–H groups in total. The molecule has 1 aromatic rings. The predicted octanol–water partition coefficient (Wildman–Crippen LogP) is 3.68. The minimum atomic E-state index is -3.14. The van der Waals surface area contributed by atoms with E-state index in [1.54, 1.807) is 37.3 Å². The molecule has 2 atom stereocenters. The second kappa shape index (κ2) is 10.1. The SMILES string of the molecule is CCC(=O)N[C@@H](Oc1ccc(/C=C2\SC(=S)N([C@H]3CCS(=O)(=O)C3)C2=O)cc1)C(Cl)(Cl)Cl. The van der Waals surface area contributed by atoms with Crippen molar-refractivity contribution in [2.75, 3.05) is 11.5 Å². The zero-order valence-electron chi connectivity index (χ0n) is 16.7. The molecule has 13 heteroatoms. The molecule has 2 saturated heterocycles. The van der Waals surface area contributed by atoms with Gasteiger partial charge in [0.05, 0.1) is 22.5 Å². The Morgan fingerprint density at radius 1 is 1.38 bits per heavy atom. The zero-order valence-corrected chi connectivity index (χ0v) is 21.4. The van der Waals surface area contributed by atoms with Gasteiger partial charge in [0.1, 0.15) is 10.1 Å². The standard InChI is InChI=1S/C19H19Cl3N2O5S3/c1-2-15(25)23-17(19(20,21)22)29-13-5-3-11(4-6-13)9-14-16(26)24(18(30)31-14)12-7-8-32(27,28)10-12/h3-6,9,12,17H,2,7-8,10H2,1H3,(H,23,25)/b14-9-/t12-,17-/m0/s1. The summed E-state index contributed by atoms with van der Waals surface area (Å²) in [5, 5.41) is 2.50. The predicted molar refractivity (Wildman–Crippen MR) is 132 cm³/mol. The lowest BCUT2D eigenvalue weighted by atomic mass is 10.2. The molecule has 1 aromatic carbocycles. The molecule has 0 saturated carbocycles. The number of carbonyl (C=O) groups is 2. The number of alkyl halides is 3. The summed E-state index contributed by atoms with van der Waals surface area (Å²) < 4.78 is 27.6. The van der Waals surface area contributed by atoms with Gasteiger partial charge in [-0.05, 0) is 30.2 Å². The molecule has 2 aliphatic heterocycles. The second-order valence-corrected chi connectivity index (χ2v) is 13.4. The molecule has 3 rings (SSSR count). The van der Waals surface area contributed by atoms with Crippen molar-refractivity contribution in [3.05, 3.63) is 34.7 Å². The second-order valence-electron chi connectivity index (χ2n) is 7.14. The van der Waals surface area contributed by atoms with Gasteiger partial charge >= 0.3 is 0 Å². The number of rotatable bonds is 6. The third-order valence-electron chi connectivity index (χ3n) is 4.74. The fourth-order valence-corrected chi connectivity index (χ4v) is 6.53. The van der Waals surface area contributed by atoms with Crippen molar-refractivity contribution >= 4 is 90.8 Å². The number of carbonyl (C=O) groups excluding carboxylic acids is 2. The zero-order chi connectivity index (χ0) is 23.7. The number of nitrogens with zero attached hydrogens (tertiary/aromatic N) is 1. The number of thioether (sulfide) groups is 1. The Hall–Kier alpha value is -1.04. The van der Waals surface area contributed by atoms with Crippen LogP contribution in [-0.2, 0) is 19.4 Å².